The molecule has 9 heteroatoms. The Morgan fingerprint density at radius 3 is 2.62 bits per heavy atom. The van der Waals surface area contributed by atoms with E-state index in [1.54, 1.807) is 37.4 Å². The van der Waals surface area contributed by atoms with Gasteiger partial charge in [0.25, 0.3) is 5.89 Å². The van der Waals surface area contributed by atoms with E-state index in [9.17, 15) is 4.79 Å². The van der Waals surface area contributed by atoms with Gasteiger partial charge in [-0.1, -0.05) is 5.16 Å². The number of hydrogen-bond acceptors (Lipinski definition) is 9. The van der Waals surface area contributed by atoms with Crippen molar-refractivity contribution >= 4 is 5.97 Å². The summed E-state index contributed by atoms with van der Waals surface area (Å²) in [6.45, 7) is 0.643. The first-order valence-corrected chi connectivity index (χ1v) is 8.79. The topological polar surface area (TPSA) is 102 Å². The van der Waals surface area contributed by atoms with Crippen molar-refractivity contribution in [3.8, 4) is 34.4 Å². The number of fused-ring (bicyclic) bond motifs is 1. The lowest BCUT2D eigenvalue weighted by Gasteiger charge is -2.21. The normalized spacial score (nSPS) is 12.3. The number of aromatic nitrogens is 2. The largest absolute Gasteiger partial charge is 0.497 e. The van der Waals surface area contributed by atoms with E-state index in [0.717, 1.165) is 11.3 Å². The van der Waals surface area contributed by atoms with Gasteiger partial charge in [-0.05, 0) is 36.4 Å². The summed E-state index contributed by atoms with van der Waals surface area (Å²) >= 11 is 0. The van der Waals surface area contributed by atoms with Crippen molar-refractivity contribution in [2.24, 2.45) is 0 Å². The smallest absolute Gasteiger partial charge is 0.338 e. The maximum absolute atomic E-state index is 12.4. The number of nitrogens with zero attached hydrogens (tertiary/aromatic N) is 2. The van der Waals surface area contributed by atoms with Crippen molar-refractivity contribution in [3.05, 3.63) is 47.9 Å². The molecule has 1 aromatic heterocycles. The molecule has 150 valence electrons. The van der Waals surface area contributed by atoms with Gasteiger partial charge in [-0.15, -0.1) is 0 Å². The highest BCUT2D eigenvalue weighted by Crippen LogP contribution is 2.40. The third-order valence-electron chi connectivity index (χ3n) is 4.21. The summed E-state index contributed by atoms with van der Waals surface area (Å²) in [4.78, 5) is 16.7. The van der Waals surface area contributed by atoms with Gasteiger partial charge in [0.15, 0.2) is 18.1 Å². The molecule has 0 N–H and O–H groups in total. The van der Waals surface area contributed by atoms with Gasteiger partial charge < -0.3 is 28.2 Å². The molecule has 0 saturated carbocycles. The van der Waals surface area contributed by atoms with Crippen LogP contribution in [0.2, 0.25) is 0 Å². The van der Waals surface area contributed by atoms with Crippen molar-refractivity contribution < 1.29 is 33.0 Å². The van der Waals surface area contributed by atoms with Crippen molar-refractivity contribution in [2.45, 2.75) is 6.61 Å². The Morgan fingerprint density at radius 1 is 1.07 bits per heavy atom. The number of methoxy groups -OCH3 is 2. The highest BCUT2D eigenvalue weighted by Gasteiger charge is 2.22. The highest BCUT2D eigenvalue weighted by atomic mass is 16.6. The molecule has 3 aromatic rings. The van der Waals surface area contributed by atoms with Gasteiger partial charge in [-0.3, -0.25) is 0 Å². The fourth-order valence-corrected chi connectivity index (χ4v) is 2.77. The molecule has 0 saturated heterocycles. The molecule has 2 aromatic carbocycles. The van der Waals surface area contributed by atoms with E-state index < -0.39 is 5.97 Å². The summed E-state index contributed by atoms with van der Waals surface area (Å²) in [5, 5.41) is 3.90. The summed E-state index contributed by atoms with van der Waals surface area (Å²) in [5.74, 6) is 2.01. The molecule has 1 aliphatic rings. The van der Waals surface area contributed by atoms with Crippen LogP contribution in [0.5, 0.6) is 23.0 Å². The minimum atomic E-state index is -0.579. The van der Waals surface area contributed by atoms with Crippen molar-refractivity contribution in [1.29, 1.82) is 0 Å². The zero-order valence-corrected chi connectivity index (χ0v) is 15.8. The third kappa shape index (κ3) is 3.93. The van der Waals surface area contributed by atoms with Gasteiger partial charge in [0.1, 0.15) is 19.0 Å². The molecule has 1 aliphatic heterocycles. The van der Waals surface area contributed by atoms with Gasteiger partial charge in [0.05, 0.1) is 19.8 Å². The maximum Gasteiger partial charge on any atom is 0.338 e. The molecule has 29 heavy (non-hydrogen) atoms. The van der Waals surface area contributed by atoms with Crippen LogP contribution < -0.4 is 18.9 Å². The number of rotatable bonds is 6. The van der Waals surface area contributed by atoms with Crippen LogP contribution >= 0.6 is 0 Å². The van der Waals surface area contributed by atoms with Gasteiger partial charge in [0.2, 0.25) is 11.6 Å². The Kier molecular flexibility index (Phi) is 5.19. The maximum atomic E-state index is 12.4. The number of carbonyl (C=O) groups excluding carboxylic acids is 1. The van der Waals surface area contributed by atoms with E-state index in [-0.39, 0.29) is 18.1 Å². The second-order valence-electron chi connectivity index (χ2n) is 6.02. The first kappa shape index (κ1) is 18.6. The van der Waals surface area contributed by atoms with Crippen LogP contribution in [0.1, 0.15) is 16.2 Å². The quantitative estimate of drug-likeness (QED) is 0.580. The Labute approximate surface area is 166 Å². The molecule has 0 spiro atoms. The Morgan fingerprint density at radius 2 is 1.86 bits per heavy atom. The summed E-state index contributed by atoms with van der Waals surface area (Å²) in [5.41, 5.74) is 1.02. The predicted molar refractivity (Wildman–Crippen MR) is 99.4 cm³/mol. The molecule has 0 bridgehead atoms. The summed E-state index contributed by atoms with van der Waals surface area (Å²) < 4.78 is 31.9. The van der Waals surface area contributed by atoms with Crippen molar-refractivity contribution in [2.75, 3.05) is 27.4 Å². The molecule has 0 amide bonds. The molecule has 0 aliphatic carbocycles. The van der Waals surface area contributed by atoms with Crippen LogP contribution in [0.4, 0.5) is 0 Å². The number of ether oxygens (including phenoxy) is 5. The van der Waals surface area contributed by atoms with Gasteiger partial charge in [0, 0.05) is 5.56 Å². The Bertz CT molecular complexity index is 997. The highest BCUT2D eigenvalue weighted by molar-refractivity contribution is 5.91. The van der Waals surface area contributed by atoms with Crippen molar-refractivity contribution in [3.63, 3.8) is 0 Å². The molecule has 4 rings (SSSR count). The minimum absolute atomic E-state index is 0.168. The lowest BCUT2D eigenvalue weighted by Crippen LogP contribution is -2.17. The van der Waals surface area contributed by atoms with E-state index in [0.29, 0.717) is 36.3 Å². The van der Waals surface area contributed by atoms with Crippen LogP contribution in [0.15, 0.2) is 40.9 Å². The van der Waals surface area contributed by atoms with E-state index >= 15 is 0 Å². The van der Waals surface area contributed by atoms with Crippen LogP contribution in [-0.2, 0) is 11.3 Å². The second-order valence-corrected chi connectivity index (χ2v) is 6.02. The summed E-state index contributed by atoms with van der Waals surface area (Å²) in [7, 11) is 3.08. The van der Waals surface area contributed by atoms with E-state index in [4.69, 9.17) is 28.2 Å². The fraction of sp³-hybridized carbons (Fsp3) is 0.250. The minimum Gasteiger partial charge on any atom is -0.497 e. The summed E-state index contributed by atoms with van der Waals surface area (Å²) in [6, 6.07) is 10.3. The molecule has 2 heterocycles. The third-order valence-corrected chi connectivity index (χ3v) is 4.21. The Balaban J connectivity index is 1.44. The first-order chi connectivity index (χ1) is 14.2. The van der Waals surface area contributed by atoms with E-state index in [2.05, 4.69) is 10.1 Å². The lowest BCUT2D eigenvalue weighted by atomic mass is 10.1. The monoisotopic (exact) mass is 398 g/mol. The van der Waals surface area contributed by atoms with Crippen LogP contribution in [-0.4, -0.2) is 43.5 Å². The SMILES string of the molecule is COc1ccc(-c2noc(COC(=O)c3cc(OC)c4c(c3)OCCO4)n2)cc1. The first-order valence-electron chi connectivity index (χ1n) is 8.79. The number of hydrogen-bond donors (Lipinski definition) is 0. The van der Waals surface area contributed by atoms with Crippen molar-refractivity contribution in [1.82, 2.24) is 10.1 Å². The second kappa shape index (κ2) is 8.09. The predicted octanol–water partition coefficient (Wildman–Crippen LogP) is 2.88. The molecule has 0 unspecified atom stereocenters. The lowest BCUT2D eigenvalue weighted by molar-refractivity contribution is 0.0428. The zero-order valence-electron chi connectivity index (χ0n) is 15.8. The van der Waals surface area contributed by atoms with Crippen LogP contribution in [0.3, 0.4) is 0 Å². The Hall–Kier alpha value is -3.75. The standard InChI is InChI=1S/C20H18N2O7/c1-24-14-5-3-12(4-6-14)19-21-17(29-22-19)11-28-20(23)13-9-15(25-2)18-16(10-13)26-7-8-27-18/h3-6,9-10H,7-8,11H2,1-2H3. The number of esters is 1. The van der Waals surface area contributed by atoms with Crippen LogP contribution in [0.25, 0.3) is 11.4 Å². The molecular formula is C20H18N2O7. The van der Waals surface area contributed by atoms with Crippen LogP contribution in [0, 0.1) is 0 Å². The summed E-state index contributed by atoms with van der Waals surface area (Å²) in [6.07, 6.45) is 0. The molecule has 0 fully saturated rings. The van der Waals surface area contributed by atoms with Gasteiger partial charge in [-0.2, -0.15) is 4.98 Å². The van der Waals surface area contributed by atoms with Gasteiger partial charge in [-0.25, -0.2) is 4.79 Å². The average Bonchev–Trinajstić information content (AvgIpc) is 3.25. The average molecular weight is 398 g/mol. The molecule has 0 radical (unpaired) electrons. The molecule has 0 atom stereocenters. The molecular weight excluding hydrogens is 380 g/mol. The fourth-order valence-electron chi connectivity index (χ4n) is 2.77. The molecule has 9 nitrogen and oxygen atoms in total. The van der Waals surface area contributed by atoms with Gasteiger partial charge >= 0.3 is 5.97 Å². The number of carbonyl (C=O) groups is 1. The van der Waals surface area contributed by atoms with E-state index in [1.165, 1.54) is 13.2 Å². The zero-order chi connectivity index (χ0) is 20.2. The number of benzene rings is 2. The van der Waals surface area contributed by atoms with E-state index in [1.807, 2.05) is 0 Å².